The summed E-state index contributed by atoms with van der Waals surface area (Å²) in [5.41, 5.74) is 0.134. The fraction of sp³-hybridized carbons (Fsp3) is 0.222. The van der Waals surface area contributed by atoms with Gasteiger partial charge in [0.2, 0.25) is 5.91 Å². The van der Waals surface area contributed by atoms with E-state index in [4.69, 9.17) is 23.2 Å². The Balaban J connectivity index is 1.52. The summed E-state index contributed by atoms with van der Waals surface area (Å²) in [6.07, 6.45) is 3.32. The molecule has 2 saturated heterocycles. The Kier molecular flexibility index (Phi) is 7.05. The Morgan fingerprint density at radius 3 is 2.39 bits per heavy atom. The van der Waals surface area contributed by atoms with Gasteiger partial charge in [-0.2, -0.15) is 5.26 Å². The number of amides is 4. The number of carbonyl (C=O) groups is 3. The maximum atomic E-state index is 14.2. The maximum Gasteiger partial charge on any atom is 0.332 e. The zero-order valence-corrected chi connectivity index (χ0v) is 22.5. The summed E-state index contributed by atoms with van der Waals surface area (Å²) < 4.78 is 0. The fourth-order valence-corrected chi connectivity index (χ4v) is 6.37. The van der Waals surface area contributed by atoms with Crippen LogP contribution in [0.15, 0.2) is 71.9 Å². The quantitative estimate of drug-likeness (QED) is 0.325. The molecule has 4 amide bonds. The highest BCUT2D eigenvalue weighted by atomic mass is 35.5. The molecule has 0 aliphatic carbocycles. The molecular weight excluding hydrogens is 545 g/mol. The Labute approximate surface area is 233 Å². The molecule has 3 aromatic rings. The number of aromatic nitrogens is 1. The van der Waals surface area contributed by atoms with Crippen molar-refractivity contribution < 1.29 is 14.4 Å². The number of anilines is 1. The van der Waals surface area contributed by atoms with Crippen molar-refractivity contribution in [3.63, 3.8) is 0 Å². The van der Waals surface area contributed by atoms with E-state index in [9.17, 15) is 19.6 Å². The van der Waals surface area contributed by atoms with Crippen molar-refractivity contribution >= 4 is 58.5 Å². The summed E-state index contributed by atoms with van der Waals surface area (Å²) in [4.78, 5) is 50.1. The summed E-state index contributed by atoms with van der Waals surface area (Å²) in [6, 6.07) is 16.6. The fourth-order valence-electron chi connectivity index (χ4n) is 5.07. The summed E-state index contributed by atoms with van der Waals surface area (Å²) >= 11 is 13.7. The van der Waals surface area contributed by atoms with Crippen LogP contribution in [0.1, 0.15) is 17.0 Å². The Hall–Kier alpha value is -3.58. The number of imide groups is 1. The third-order valence-corrected chi connectivity index (χ3v) is 8.41. The van der Waals surface area contributed by atoms with E-state index in [0.29, 0.717) is 5.56 Å². The molecule has 0 N–H and O–H groups in total. The van der Waals surface area contributed by atoms with Crippen molar-refractivity contribution in [2.75, 3.05) is 30.8 Å². The van der Waals surface area contributed by atoms with Gasteiger partial charge in [0.05, 0.1) is 29.6 Å². The van der Waals surface area contributed by atoms with Gasteiger partial charge < -0.3 is 9.80 Å². The number of pyridine rings is 1. The molecule has 1 spiro atoms. The highest BCUT2D eigenvalue weighted by Crippen LogP contribution is 2.46. The van der Waals surface area contributed by atoms with E-state index in [1.54, 1.807) is 48.6 Å². The molecule has 0 saturated carbocycles. The van der Waals surface area contributed by atoms with Gasteiger partial charge in [-0.1, -0.05) is 35.3 Å². The molecule has 11 heteroatoms. The van der Waals surface area contributed by atoms with Crippen molar-refractivity contribution in [3.05, 3.63) is 88.2 Å². The lowest BCUT2D eigenvalue weighted by molar-refractivity contribution is -0.128. The first kappa shape index (κ1) is 26.0. The van der Waals surface area contributed by atoms with Crippen LogP contribution in [0.2, 0.25) is 10.0 Å². The topological polar surface area (TPSA) is 97.6 Å². The number of thioether (sulfide) groups is 1. The lowest BCUT2D eigenvalue weighted by Gasteiger charge is -2.33. The van der Waals surface area contributed by atoms with E-state index in [1.165, 1.54) is 34.9 Å². The number of likely N-dealkylation sites (tertiary alicyclic amines) is 1. The smallest absolute Gasteiger partial charge is 0.332 e. The number of carbonyl (C=O) groups excluding carboxylic acids is 3. The van der Waals surface area contributed by atoms with E-state index in [1.807, 2.05) is 12.1 Å². The summed E-state index contributed by atoms with van der Waals surface area (Å²) in [7, 11) is 1.57. The zero-order valence-electron chi connectivity index (χ0n) is 20.2. The van der Waals surface area contributed by atoms with Crippen molar-refractivity contribution in [1.82, 2.24) is 14.8 Å². The van der Waals surface area contributed by atoms with E-state index in [0.717, 1.165) is 15.4 Å². The molecule has 0 bridgehead atoms. The standard InChI is InChI=1S/C27H21Cl2N5O3S/c1-32-26(37)34(21-11-19(28)10-20(29)12-21)25(36)27(32)16-33(24(35)15-38-22-6-8-31-9-7-22)14-23(27)18-4-2-17(13-30)3-5-18/h2-12,23H,14-16H2,1H3. The van der Waals surface area contributed by atoms with E-state index in [2.05, 4.69) is 11.1 Å². The Morgan fingerprint density at radius 2 is 1.76 bits per heavy atom. The Bertz CT molecular complexity index is 1440. The summed E-state index contributed by atoms with van der Waals surface area (Å²) in [6.45, 7) is 0.258. The number of likely N-dealkylation sites (N-methyl/N-ethyl adjacent to an activating group) is 1. The summed E-state index contributed by atoms with van der Waals surface area (Å²) in [5.74, 6) is -0.971. The van der Waals surface area contributed by atoms with Crippen LogP contribution in [-0.2, 0) is 9.59 Å². The minimum Gasteiger partial charge on any atom is -0.338 e. The largest absolute Gasteiger partial charge is 0.338 e. The molecule has 2 atom stereocenters. The van der Waals surface area contributed by atoms with Crippen LogP contribution < -0.4 is 4.90 Å². The monoisotopic (exact) mass is 565 g/mol. The highest BCUT2D eigenvalue weighted by molar-refractivity contribution is 8.00. The first-order valence-corrected chi connectivity index (χ1v) is 13.4. The lowest BCUT2D eigenvalue weighted by Crippen LogP contribution is -2.54. The lowest BCUT2D eigenvalue weighted by atomic mass is 9.80. The molecule has 5 rings (SSSR count). The van der Waals surface area contributed by atoms with Gasteiger partial charge in [-0.05, 0) is 48.0 Å². The van der Waals surface area contributed by atoms with Crippen molar-refractivity contribution in [3.8, 4) is 6.07 Å². The van der Waals surface area contributed by atoms with Gasteiger partial charge in [0, 0.05) is 46.8 Å². The van der Waals surface area contributed by atoms with Crippen LogP contribution in [0.5, 0.6) is 0 Å². The molecule has 3 heterocycles. The average molecular weight is 566 g/mol. The minimum absolute atomic E-state index is 0.0271. The molecule has 2 fully saturated rings. The van der Waals surface area contributed by atoms with Crippen LogP contribution in [0.3, 0.4) is 0 Å². The number of halogens is 2. The number of benzene rings is 2. The van der Waals surface area contributed by atoms with E-state index < -0.39 is 23.4 Å². The molecule has 2 aromatic carbocycles. The van der Waals surface area contributed by atoms with Crippen LogP contribution in [0, 0.1) is 11.3 Å². The average Bonchev–Trinajstić information content (AvgIpc) is 3.40. The molecular formula is C27H21Cl2N5O3S. The van der Waals surface area contributed by atoms with Crippen LogP contribution in [-0.4, -0.2) is 64.1 Å². The molecule has 38 heavy (non-hydrogen) atoms. The highest BCUT2D eigenvalue weighted by Gasteiger charge is 2.64. The van der Waals surface area contributed by atoms with Gasteiger partial charge in [0.25, 0.3) is 5.91 Å². The van der Waals surface area contributed by atoms with Gasteiger partial charge in [0.15, 0.2) is 0 Å². The molecule has 2 unspecified atom stereocenters. The predicted molar refractivity (Wildman–Crippen MR) is 145 cm³/mol. The second kappa shape index (κ2) is 10.3. The van der Waals surface area contributed by atoms with Crippen LogP contribution in [0.25, 0.3) is 0 Å². The molecule has 2 aliphatic rings. The first-order chi connectivity index (χ1) is 18.2. The van der Waals surface area contributed by atoms with Crippen LogP contribution >= 0.6 is 35.0 Å². The molecule has 0 radical (unpaired) electrons. The molecule has 8 nitrogen and oxygen atoms in total. The number of nitriles is 1. The second-order valence-electron chi connectivity index (χ2n) is 9.07. The molecule has 2 aliphatic heterocycles. The SMILES string of the molecule is CN1C(=O)N(c2cc(Cl)cc(Cl)c2)C(=O)C12CN(C(=O)CSc1ccncc1)CC2c1ccc(C#N)cc1. The number of urea groups is 1. The van der Waals surface area contributed by atoms with Gasteiger partial charge in [-0.3, -0.25) is 14.6 Å². The third-order valence-electron chi connectivity index (χ3n) is 6.97. The first-order valence-electron chi connectivity index (χ1n) is 11.6. The van der Waals surface area contributed by atoms with Gasteiger partial charge in [-0.15, -0.1) is 11.8 Å². The van der Waals surface area contributed by atoms with E-state index >= 15 is 0 Å². The van der Waals surface area contributed by atoms with Gasteiger partial charge in [0.1, 0.15) is 5.54 Å². The minimum atomic E-state index is -1.35. The maximum absolute atomic E-state index is 14.2. The van der Waals surface area contributed by atoms with Gasteiger partial charge in [-0.25, -0.2) is 9.69 Å². The van der Waals surface area contributed by atoms with Crippen LogP contribution in [0.4, 0.5) is 10.5 Å². The van der Waals surface area contributed by atoms with Gasteiger partial charge >= 0.3 is 6.03 Å². The van der Waals surface area contributed by atoms with E-state index in [-0.39, 0.29) is 40.5 Å². The third kappa shape index (κ3) is 4.49. The molecule has 192 valence electrons. The summed E-state index contributed by atoms with van der Waals surface area (Å²) in [5, 5.41) is 9.82. The number of hydrogen-bond donors (Lipinski definition) is 0. The van der Waals surface area contributed by atoms with Crippen molar-refractivity contribution in [2.45, 2.75) is 16.4 Å². The molecule has 1 aromatic heterocycles. The normalized spacial score (nSPS) is 20.9. The van der Waals surface area contributed by atoms with Crippen molar-refractivity contribution in [1.29, 1.82) is 5.26 Å². The zero-order chi connectivity index (χ0) is 27.0. The number of nitrogens with zero attached hydrogens (tertiary/aromatic N) is 5. The number of hydrogen-bond acceptors (Lipinski definition) is 6. The number of rotatable bonds is 5. The van der Waals surface area contributed by atoms with Crippen molar-refractivity contribution in [2.24, 2.45) is 0 Å². The second-order valence-corrected chi connectivity index (χ2v) is 11.0. The Morgan fingerprint density at radius 1 is 1.11 bits per heavy atom. The predicted octanol–water partition coefficient (Wildman–Crippen LogP) is 4.82.